The molecular weight excluding hydrogens is 356 g/mol. The van der Waals surface area contributed by atoms with Crippen molar-refractivity contribution in [1.82, 2.24) is 9.58 Å². The highest BCUT2D eigenvalue weighted by atomic mass is 16.5. The predicted molar refractivity (Wildman–Crippen MR) is 110 cm³/mol. The minimum atomic E-state index is -0.601. The number of aromatic nitrogens is 1. The van der Waals surface area contributed by atoms with Crippen LogP contribution >= 0.6 is 0 Å². The van der Waals surface area contributed by atoms with Crippen molar-refractivity contribution < 1.29 is 9.53 Å². The molecule has 0 aliphatic rings. The normalized spacial score (nSPS) is 11.2. The number of benzene rings is 1. The van der Waals surface area contributed by atoms with Gasteiger partial charge in [-0.15, -0.1) is 0 Å². The standard InChI is InChI=1S/C21H26N4O3/c1-4-28-21(27)19(22)14-25(23)13-17-9-7-16(8-10-17)12-24-11-5-6-18(15(2)3)20(24)26/h5-11,14H,2,4,12-13,22-23H2,1,3H3/b19-14-. The molecule has 0 aliphatic carbocycles. The summed E-state index contributed by atoms with van der Waals surface area (Å²) in [5.74, 6) is 5.28. The number of esters is 1. The van der Waals surface area contributed by atoms with Gasteiger partial charge in [-0.1, -0.05) is 30.8 Å². The molecule has 0 fully saturated rings. The van der Waals surface area contributed by atoms with Crippen molar-refractivity contribution in [1.29, 1.82) is 0 Å². The van der Waals surface area contributed by atoms with Crippen molar-refractivity contribution in [2.75, 3.05) is 6.61 Å². The molecule has 4 N–H and O–H groups in total. The van der Waals surface area contributed by atoms with Crippen LogP contribution in [-0.2, 0) is 22.6 Å². The van der Waals surface area contributed by atoms with E-state index in [1.54, 1.807) is 23.8 Å². The molecule has 148 valence electrons. The molecule has 1 aromatic carbocycles. The fraction of sp³-hybridized carbons (Fsp3) is 0.238. The van der Waals surface area contributed by atoms with Crippen LogP contribution in [0.1, 0.15) is 30.5 Å². The molecule has 0 atom stereocenters. The average Bonchev–Trinajstić information content (AvgIpc) is 2.64. The number of rotatable bonds is 8. The van der Waals surface area contributed by atoms with E-state index in [0.29, 0.717) is 18.7 Å². The highest BCUT2D eigenvalue weighted by Crippen LogP contribution is 2.10. The second kappa shape index (κ2) is 9.57. The molecule has 1 heterocycles. The van der Waals surface area contributed by atoms with Gasteiger partial charge in [0, 0.05) is 18.0 Å². The quantitative estimate of drug-likeness (QED) is 0.313. The van der Waals surface area contributed by atoms with E-state index in [0.717, 1.165) is 16.7 Å². The van der Waals surface area contributed by atoms with Crippen LogP contribution in [0, 0.1) is 0 Å². The van der Waals surface area contributed by atoms with Crippen LogP contribution in [0.15, 0.2) is 65.9 Å². The van der Waals surface area contributed by atoms with Gasteiger partial charge in [-0.3, -0.25) is 4.79 Å². The summed E-state index contributed by atoms with van der Waals surface area (Å²) in [5, 5.41) is 1.32. The van der Waals surface area contributed by atoms with E-state index >= 15 is 0 Å². The fourth-order valence-corrected chi connectivity index (χ4v) is 2.64. The number of nitrogens with two attached hydrogens (primary N) is 2. The molecule has 0 spiro atoms. The van der Waals surface area contributed by atoms with Crippen molar-refractivity contribution in [3.05, 3.63) is 88.1 Å². The summed E-state index contributed by atoms with van der Waals surface area (Å²) in [4.78, 5) is 24.0. The lowest BCUT2D eigenvalue weighted by atomic mass is 10.1. The fourth-order valence-electron chi connectivity index (χ4n) is 2.64. The van der Waals surface area contributed by atoms with Gasteiger partial charge in [0.05, 0.1) is 19.7 Å². The monoisotopic (exact) mass is 382 g/mol. The summed E-state index contributed by atoms with van der Waals surface area (Å²) in [6.07, 6.45) is 3.10. The van der Waals surface area contributed by atoms with Gasteiger partial charge < -0.3 is 20.0 Å². The van der Waals surface area contributed by atoms with Gasteiger partial charge in [0.25, 0.3) is 5.56 Å². The van der Waals surface area contributed by atoms with Gasteiger partial charge in [0.15, 0.2) is 0 Å². The van der Waals surface area contributed by atoms with Crippen LogP contribution in [-0.4, -0.2) is 22.2 Å². The molecule has 0 amide bonds. The number of carbonyl (C=O) groups excluding carboxylic acids is 1. The van der Waals surface area contributed by atoms with Crippen molar-refractivity contribution in [2.45, 2.75) is 26.9 Å². The molecule has 7 nitrogen and oxygen atoms in total. The Hall–Kier alpha value is -3.32. The Morgan fingerprint density at radius 2 is 1.89 bits per heavy atom. The topological polar surface area (TPSA) is 104 Å². The van der Waals surface area contributed by atoms with Gasteiger partial charge in [-0.25, -0.2) is 10.6 Å². The number of hydrogen-bond acceptors (Lipinski definition) is 6. The molecule has 7 heteroatoms. The van der Waals surface area contributed by atoms with Crippen LogP contribution < -0.4 is 17.1 Å². The maximum Gasteiger partial charge on any atom is 0.355 e. The molecule has 28 heavy (non-hydrogen) atoms. The van der Waals surface area contributed by atoms with Crippen LogP contribution in [0.4, 0.5) is 0 Å². The minimum absolute atomic E-state index is 0.0576. The molecule has 0 aliphatic heterocycles. The first-order valence-corrected chi connectivity index (χ1v) is 8.90. The van der Waals surface area contributed by atoms with Crippen LogP contribution in [0.5, 0.6) is 0 Å². The highest BCUT2D eigenvalue weighted by Gasteiger charge is 2.08. The van der Waals surface area contributed by atoms with Crippen molar-refractivity contribution in [2.24, 2.45) is 11.6 Å². The molecule has 0 unspecified atom stereocenters. The van der Waals surface area contributed by atoms with E-state index in [-0.39, 0.29) is 17.9 Å². The molecule has 0 saturated carbocycles. The third-order valence-electron chi connectivity index (χ3n) is 4.04. The summed E-state index contributed by atoms with van der Waals surface area (Å²) in [5.41, 5.74) is 8.79. The Morgan fingerprint density at radius 3 is 2.50 bits per heavy atom. The third-order valence-corrected chi connectivity index (χ3v) is 4.04. The van der Waals surface area contributed by atoms with Crippen molar-refractivity contribution in [3.63, 3.8) is 0 Å². The Bertz CT molecular complexity index is 929. The zero-order valence-corrected chi connectivity index (χ0v) is 16.2. The summed E-state index contributed by atoms with van der Waals surface area (Å²) >= 11 is 0. The van der Waals surface area contributed by atoms with E-state index in [4.69, 9.17) is 16.3 Å². The average molecular weight is 382 g/mol. The number of pyridine rings is 1. The maximum atomic E-state index is 12.5. The summed E-state index contributed by atoms with van der Waals surface area (Å²) < 4.78 is 6.46. The van der Waals surface area contributed by atoms with E-state index in [1.807, 2.05) is 37.3 Å². The van der Waals surface area contributed by atoms with Gasteiger partial charge in [-0.2, -0.15) is 0 Å². The molecule has 2 rings (SSSR count). The smallest absolute Gasteiger partial charge is 0.355 e. The van der Waals surface area contributed by atoms with Gasteiger partial charge in [0.1, 0.15) is 5.70 Å². The van der Waals surface area contributed by atoms with Crippen LogP contribution in [0.3, 0.4) is 0 Å². The molecule has 0 bridgehead atoms. The Kier molecular flexibility index (Phi) is 7.17. The number of ether oxygens (including phenoxy) is 1. The summed E-state index contributed by atoms with van der Waals surface area (Å²) in [6.45, 7) is 8.44. The molecule has 1 aromatic heterocycles. The lowest BCUT2D eigenvalue weighted by Gasteiger charge is -2.15. The van der Waals surface area contributed by atoms with E-state index < -0.39 is 5.97 Å². The van der Waals surface area contributed by atoms with Crippen LogP contribution in [0.2, 0.25) is 0 Å². The largest absolute Gasteiger partial charge is 0.461 e. The Balaban J connectivity index is 2.05. The van der Waals surface area contributed by atoms with Crippen molar-refractivity contribution >= 4 is 11.5 Å². The SMILES string of the molecule is C=C(C)c1cccn(Cc2ccc(CN(N)/C=C(\N)C(=O)OCC)cc2)c1=O. The first-order valence-electron chi connectivity index (χ1n) is 8.90. The highest BCUT2D eigenvalue weighted by molar-refractivity contribution is 5.87. The first kappa shape index (κ1) is 21.0. The van der Waals surface area contributed by atoms with Gasteiger partial charge >= 0.3 is 5.97 Å². The van der Waals surface area contributed by atoms with E-state index in [1.165, 1.54) is 11.2 Å². The van der Waals surface area contributed by atoms with E-state index in [9.17, 15) is 9.59 Å². The zero-order chi connectivity index (χ0) is 20.7. The Morgan fingerprint density at radius 1 is 1.25 bits per heavy atom. The summed E-state index contributed by atoms with van der Waals surface area (Å²) in [7, 11) is 0. The van der Waals surface area contributed by atoms with Gasteiger partial charge in [0.2, 0.25) is 0 Å². The number of hydrogen-bond donors (Lipinski definition) is 2. The lowest BCUT2D eigenvalue weighted by molar-refractivity contribution is -0.138. The second-order valence-electron chi connectivity index (χ2n) is 6.43. The number of hydrazine groups is 1. The maximum absolute atomic E-state index is 12.5. The predicted octanol–water partition coefficient (Wildman–Crippen LogP) is 1.97. The third kappa shape index (κ3) is 5.59. The number of carbonyl (C=O) groups is 1. The lowest BCUT2D eigenvalue weighted by Crippen LogP contribution is -2.28. The zero-order valence-electron chi connectivity index (χ0n) is 16.2. The summed E-state index contributed by atoms with van der Waals surface area (Å²) in [6, 6.07) is 11.3. The second-order valence-corrected chi connectivity index (χ2v) is 6.43. The molecule has 0 radical (unpaired) electrons. The van der Waals surface area contributed by atoms with Gasteiger partial charge in [-0.05, 0) is 42.7 Å². The molecular formula is C21H26N4O3. The minimum Gasteiger partial charge on any atom is -0.461 e. The van der Waals surface area contributed by atoms with Crippen molar-refractivity contribution in [3.8, 4) is 0 Å². The number of nitrogens with zero attached hydrogens (tertiary/aromatic N) is 2. The molecule has 2 aromatic rings. The Labute approximate surface area is 164 Å². The number of allylic oxidation sites excluding steroid dienone is 1. The first-order chi connectivity index (χ1) is 13.3. The molecule has 0 saturated heterocycles. The van der Waals surface area contributed by atoms with E-state index in [2.05, 4.69) is 6.58 Å². The van der Waals surface area contributed by atoms with Crippen LogP contribution in [0.25, 0.3) is 5.57 Å².